The van der Waals surface area contributed by atoms with Crippen LogP contribution in [0.1, 0.15) is 0 Å². The molecular formula is C18H20N6O. The van der Waals surface area contributed by atoms with Gasteiger partial charge in [-0.05, 0) is 0 Å². The Labute approximate surface area is 146 Å². The Balaban J connectivity index is 1.61. The summed E-state index contributed by atoms with van der Waals surface area (Å²) in [4.78, 5) is 18.7. The van der Waals surface area contributed by atoms with Crippen LogP contribution in [0.3, 0.4) is 0 Å². The summed E-state index contributed by atoms with van der Waals surface area (Å²) < 4.78 is 1.76. The summed E-state index contributed by atoms with van der Waals surface area (Å²) >= 11 is 0. The van der Waals surface area contributed by atoms with E-state index in [4.69, 9.17) is 5.26 Å². The number of rotatable bonds is 2. The minimum atomic E-state index is -0.253. The lowest BCUT2D eigenvalue weighted by atomic mass is 10.1. The van der Waals surface area contributed by atoms with Gasteiger partial charge in [0.25, 0.3) is 0 Å². The lowest BCUT2D eigenvalue weighted by molar-refractivity contribution is -0.128. The Morgan fingerprint density at radius 3 is 2.68 bits per heavy atom. The molecule has 128 valence electrons. The van der Waals surface area contributed by atoms with Crippen molar-refractivity contribution < 1.29 is 4.79 Å². The van der Waals surface area contributed by atoms with Gasteiger partial charge in [-0.15, -0.1) is 0 Å². The molecule has 1 amide bonds. The van der Waals surface area contributed by atoms with Crippen LogP contribution in [-0.2, 0) is 11.8 Å². The summed E-state index contributed by atoms with van der Waals surface area (Å²) in [6, 6.07) is 11.7. The highest BCUT2D eigenvalue weighted by molar-refractivity contribution is 5.98. The first kappa shape index (κ1) is 15.7. The molecule has 4 rings (SSSR count). The number of piperazine rings is 2. The largest absolute Gasteiger partial charge is 0.307 e. The number of hydrogen-bond acceptors (Lipinski definition) is 5. The third kappa shape index (κ3) is 2.75. The third-order valence-electron chi connectivity index (χ3n) is 5.00. The number of amides is 1. The number of benzene rings is 1. The molecule has 2 fully saturated rings. The first-order chi connectivity index (χ1) is 12.2. The van der Waals surface area contributed by atoms with Crippen molar-refractivity contribution in [1.82, 2.24) is 19.6 Å². The average Bonchev–Trinajstić information content (AvgIpc) is 3.04. The van der Waals surface area contributed by atoms with Gasteiger partial charge in [-0.25, -0.2) is 0 Å². The average molecular weight is 336 g/mol. The Hall–Kier alpha value is -2.85. The van der Waals surface area contributed by atoms with Gasteiger partial charge < -0.3 is 4.90 Å². The minimum Gasteiger partial charge on any atom is -0.307 e. The molecule has 0 aliphatic carbocycles. The highest BCUT2D eigenvalue weighted by Crippen LogP contribution is 2.27. The second-order valence-corrected chi connectivity index (χ2v) is 6.47. The molecule has 1 atom stereocenters. The highest BCUT2D eigenvalue weighted by Gasteiger charge is 2.39. The molecule has 1 aromatic carbocycles. The van der Waals surface area contributed by atoms with Gasteiger partial charge in [0.15, 0.2) is 6.19 Å². The van der Waals surface area contributed by atoms with Crippen molar-refractivity contribution >= 4 is 11.7 Å². The first-order valence-electron chi connectivity index (χ1n) is 8.47. The van der Waals surface area contributed by atoms with Crippen LogP contribution in [-0.4, -0.2) is 64.3 Å². The Morgan fingerprint density at radius 1 is 1.16 bits per heavy atom. The highest BCUT2D eigenvalue weighted by atomic mass is 16.2. The van der Waals surface area contributed by atoms with Crippen molar-refractivity contribution in [2.45, 2.75) is 6.04 Å². The summed E-state index contributed by atoms with van der Waals surface area (Å²) in [5.41, 5.74) is 1.89. The van der Waals surface area contributed by atoms with E-state index >= 15 is 0 Å². The number of nitrogens with zero attached hydrogens (tertiary/aromatic N) is 6. The van der Waals surface area contributed by atoms with E-state index in [1.54, 1.807) is 9.58 Å². The van der Waals surface area contributed by atoms with Gasteiger partial charge in [0.05, 0.1) is 12.2 Å². The maximum absolute atomic E-state index is 13.0. The molecule has 25 heavy (non-hydrogen) atoms. The SMILES string of the molecule is Cn1nc(-c2ccccc2)cc1N1CCN2CCN(C#N)CC2C1=O. The molecule has 0 saturated carbocycles. The van der Waals surface area contributed by atoms with E-state index in [0.717, 1.165) is 30.2 Å². The number of nitriles is 1. The number of hydrogen-bond donors (Lipinski definition) is 0. The molecule has 0 N–H and O–H groups in total. The number of fused-ring (bicyclic) bond motifs is 1. The van der Waals surface area contributed by atoms with Crippen LogP contribution < -0.4 is 4.90 Å². The first-order valence-corrected chi connectivity index (χ1v) is 8.47. The monoisotopic (exact) mass is 336 g/mol. The molecule has 7 nitrogen and oxygen atoms in total. The Bertz CT molecular complexity index is 824. The fraction of sp³-hybridized carbons (Fsp3) is 0.389. The van der Waals surface area contributed by atoms with Crippen molar-refractivity contribution in [3.63, 3.8) is 0 Å². The van der Waals surface area contributed by atoms with Crippen LogP contribution in [0.4, 0.5) is 5.82 Å². The van der Waals surface area contributed by atoms with Crippen LogP contribution >= 0.6 is 0 Å². The predicted octanol–water partition coefficient (Wildman–Crippen LogP) is 0.901. The molecule has 7 heteroatoms. The maximum Gasteiger partial charge on any atom is 0.247 e. The van der Waals surface area contributed by atoms with Gasteiger partial charge in [0.1, 0.15) is 11.9 Å². The van der Waals surface area contributed by atoms with Crippen LogP contribution in [0.15, 0.2) is 36.4 Å². The van der Waals surface area contributed by atoms with E-state index in [9.17, 15) is 4.79 Å². The van der Waals surface area contributed by atoms with Crippen molar-refractivity contribution in [1.29, 1.82) is 5.26 Å². The third-order valence-corrected chi connectivity index (χ3v) is 5.00. The second-order valence-electron chi connectivity index (χ2n) is 6.47. The molecule has 3 heterocycles. The number of carbonyl (C=O) groups is 1. The second kappa shape index (κ2) is 6.22. The summed E-state index contributed by atoms with van der Waals surface area (Å²) in [5.74, 6) is 0.853. The molecule has 2 saturated heterocycles. The van der Waals surface area contributed by atoms with Gasteiger partial charge >= 0.3 is 0 Å². The topological polar surface area (TPSA) is 68.4 Å². The van der Waals surface area contributed by atoms with Crippen molar-refractivity contribution in [2.75, 3.05) is 37.6 Å². The Morgan fingerprint density at radius 2 is 1.92 bits per heavy atom. The van der Waals surface area contributed by atoms with Crippen LogP contribution in [0.5, 0.6) is 0 Å². The zero-order valence-electron chi connectivity index (χ0n) is 14.2. The number of aryl methyl sites for hydroxylation is 1. The molecule has 1 unspecified atom stereocenters. The smallest absolute Gasteiger partial charge is 0.247 e. The fourth-order valence-corrected chi connectivity index (χ4v) is 3.62. The number of aromatic nitrogens is 2. The molecule has 2 aliphatic heterocycles. The predicted molar refractivity (Wildman–Crippen MR) is 93.5 cm³/mol. The lowest BCUT2D eigenvalue weighted by Gasteiger charge is -2.44. The van der Waals surface area contributed by atoms with E-state index in [-0.39, 0.29) is 11.9 Å². The molecule has 2 aliphatic rings. The summed E-state index contributed by atoms with van der Waals surface area (Å²) in [6.45, 7) is 3.40. The number of anilines is 1. The summed E-state index contributed by atoms with van der Waals surface area (Å²) in [6.07, 6.45) is 2.17. The lowest BCUT2D eigenvalue weighted by Crippen LogP contribution is -2.64. The zero-order valence-corrected chi connectivity index (χ0v) is 14.2. The van der Waals surface area contributed by atoms with Crippen LogP contribution in [0, 0.1) is 11.5 Å². The minimum absolute atomic E-state index is 0.0498. The van der Waals surface area contributed by atoms with E-state index in [1.807, 2.05) is 48.3 Å². The summed E-state index contributed by atoms with van der Waals surface area (Å²) in [5, 5.41) is 13.7. The number of carbonyl (C=O) groups excluding carboxylic acids is 1. The van der Waals surface area contributed by atoms with Crippen LogP contribution in [0.25, 0.3) is 11.3 Å². The van der Waals surface area contributed by atoms with E-state index in [0.29, 0.717) is 19.6 Å². The normalized spacial score (nSPS) is 21.1. The van der Waals surface area contributed by atoms with Crippen molar-refractivity contribution in [3.8, 4) is 17.5 Å². The Kier molecular flexibility index (Phi) is 3.90. The maximum atomic E-state index is 13.0. The van der Waals surface area contributed by atoms with Gasteiger partial charge in [0, 0.05) is 44.9 Å². The standard InChI is InChI=1S/C18H20N6O/c1-21-17(11-15(20-21)14-5-3-2-4-6-14)24-10-9-23-8-7-22(13-19)12-16(23)18(24)25/h2-6,11,16H,7-10,12H2,1H3. The van der Waals surface area contributed by atoms with Crippen LogP contribution in [0.2, 0.25) is 0 Å². The van der Waals surface area contributed by atoms with Gasteiger partial charge in [0.2, 0.25) is 5.91 Å². The van der Waals surface area contributed by atoms with E-state index in [1.165, 1.54) is 0 Å². The quantitative estimate of drug-likeness (QED) is 0.762. The van der Waals surface area contributed by atoms with E-state index in [2.05, 4.69) is 16.2 Å². The van der Waals surface area contributed by atoms with Gasteiger partial charge in [-0.1, -0.05) is 30.3 Å². The summed E-state index contributed by atoms with van der Waals surface area (Å²) in [7, 11) is 1.86. The molecule has 0 spiro atoms. The molecule has 0 radical (unpaired) electrons. The molecule has 0 bridgehead atoms. The zero-order chi connectivity index (χ0) is 17.4. The fourth-order valence-electron chi connectivity index (χ4n) is 3.62. The van der Waals surface area contributed by atoms with Crippen molar-refractivity contribution in [2.24, 2.45) is 7.05 Å². The molecule has 2 aromatic rings. The van der Waals surface area contributed by atoms with Crippen molar-refractivity contribution in [3.05, 3.63) is 36.4 Å². The van der Waals surface area contributed by atoms with Gasteiger partial charge in [-0.3, -0.25) is 19.3 Å². The molecular weight excluding hydrogens is 316 g/mol. The van der Waals surface area contributed by atoms with Gasteiger partial charge in [-0.2, -0.15) is 10.4 Å². The molecule has 1 aromatic heterocycles. The van der Waals surface area contributed by atoms with E-state index < -0.39 is 0 Å².